The van der Waals surface area contributed by atoms with Crippen LogP contribution in [-0.2, 0) is 0 Å². The van der Waals surface area contributed by atoms with Gasteiger partial charge in [0.1, 0.15) is 5.82 Å². The molecule has 0 aliphatic rings. The summed E-state index contributed by atoms with van der Waals surface area (Å²) in [5, 5.41) is 0. The Morgan fingerprint density at radius 3 is 2.10 bits per heavy atom. The van der Waals surface area contributed by atoms with Crippen molar-refractivity contribution in [2.45, 2.75) is 20.8 Å². The molecule has 3 aromatic rings. The Morgan fingerprint density at radius 1 is 0.800 bits per heavy atom. The van der Waals surface area contributed by atoms with Crippen molar-refractivity contribution in [3.63, 3.8) is 0 Å². The molecule has 100 valence electrons. The van der Waals surface area contributed by atoms with Crippen LogP contribution < -0.4 is 0 Å². The molecule has 0 amide bonds. The predicted molar refractivity (Wildman–Crippen MR) is 83.2 cm³/mol. The second-order valence-electron chi connectivity index (χ2n) is 5.15. The van der Waals surface area contributed by atoms with Crippen molar-refractivity contribution in [3.05, 3.63) is 71.7 Å². The number of para-hydroxylation sites is 1. The monoisotopic (exact) mass is 262 g/mol. The molecule has 0 fully saturated rings. The largest absolute Gasteiger partial charge is 0.303 e. The van der Waals surface area contributed by atoms with Crippen LogP contribution >= 0.6 is 0 Å². The first-order valence-electron chi connectivity index (χ1n) is 6.85. The molecule has 0 radical (unpaired) electrons. The van der Waals surface area contributed by atoms with Crippen LogP contribution in [0.3, 0.4) is 0 Å². The van der Waals surface area contributed by atoms with Gasteiger partial charge in [0.25, 0.3) is 0 Å². The van der Waals surface area contributed by atoms with Crippen LogP contribution in [0.2, 0.25) is 0 Å². The van der Waals surface area contributed by atoms with Crippen molar-refractivity contribution in [2.75, 3.05) is 0 Å². The zero-order valence-corrected chi connectivity index (χ0v) is 12.1. The van der Waals surface area contributed by atoms with E-state index >= 15 is 0 Å². The summed E-state index contributed by atoms with van der Waals surface area (Å²) in [6.45, 7) is 6.34. The van der Waals surface area contributed by atoms with Gasteiger partial charge in [-0.25, -0.2) is 4.98 Å². The fourth-order valence-corrected chi connectivity index (χ4v) is 2.63. The second-order valence-corrected chi connectivity index (χ2v) is 5.15. The summed E-state index contributed by atoms with van der Waals surface area (Å²) >= 11 is 0. The normalized spacial score (nSPS) is 10.8. The second kappa shape index (κ2) is 4.97. The summed E-state index contributed by atoms with van der Waals surface area (Å²) < 4.78 is 2.19. The number of hydrogen-bond acceptors (Lipinski definition) is 1. The van der Waals surface area contributed by atoms with Crippen molar-refractivity contribution >= 4 is 0 Å². The molecule has 2 heteroatoms. The minimum atomic E-state index is 1.02. The summed E-state index contributed by atoms with van der Waals surface area (Å²) in [4.78, 5) is 4.70. The van der Waals surface area contributed by atoms with Crippen LogP contribution in [0, 0.1) is 20.8 Å². The first-order valence-corrected chi connectivity index (χ1v) is 6.85. The number of nitrogens with zero attached hydrogens (tertiary/aromatic N) is 2. The molecule has 0 saturated heterocycles. The first kappa shape index (κ1) is 12.7. The minimum Gasteiger partial charge on any atom is -0.303 e. The van der Waals surface area contributed by atoms with Crippen LogP contribution in [0.1, 0.15) is 17.0 Å². The van der Waals surface area contributed by atoms with Crippen molar-refractivity contribution in [3.8, 4) is 16.9 Å². The number of aromatic nitrogens is 2. The fourth-order valence-electron chi connectivity index (χ4n) is 2.63. The van der Waals surface area contributed by atoms with Crippen molar-refractivity contribution < 1.29 is 0 Å². The van der Waals surface area contributed by atoms with E-state index in [2.05, 4.69) is 61.9 Å². The highest BCUT2D eigenvalue weighted by Crippen LogP contribution is 2.24. The van der Waals surface area contributed by atoms with Crippen molar-refractivity contribution in [1.29, 1.82) is 0 Å². The van der Waals surface area contributed by atoms with Gasteiger partial charge in [-0.15, -0.1) is 0 Å². The third-order valence-electron chi connectivity index (χ3n) is 3.63. The lowest BCUT2D eigenvalue weighted by Gasteiger charge is -2.11. The van der Waals surface area contributed by atoms with Gasteiger partial charge in [0, 0.05) is 11.8 Å². The molecule has 1 aromatic heterocycles. The molecule has 0 saturated carbocycles. The van der Waals surface area contributed by atoms with Crippen molar-refractivity contribution in [1.82, 2.24) is 9.55 Å². The Balaban J connectivity index is 2.15. The molecule has 0 atom stereocenters. The van der Waals surface area contributed by atoms with Gasteiger partial charge in [0.05, 0.1) is 11.4 Å². The number of rotatable bonds is 2. The molecule has 0 spiro atoms. The van der Waals surface area contributed by atoms with Crippen LogP contribution in [-0.4, -0.2) is 9.55 Å². The smallest absolute Gasteiger partial charge is 0.110 e. The molecule has 0 aliphatic carbocycles. The van der Waals surface area contributed by atoms with E-state index in [4.69, 9.17) is 4.98 Å². The third kappa shape index (κ3) is 2.14. The van der Waals surface area contributed by atoms with Gasteiger partial charge in [0.15, 0.2) is 0 Å². The SMILES string of the molecule is Cc1cccc(C)c1-n1cc(-c2ccccc2)nc1C. The molecule has 0 bridgehead atoms. The van der Waals surface area contributed by atoms with E-state index < -0.39 is 0 Å². The average Bonchev–Trinajstić information content (AvgIpc) is 2.82. The first-order chi connectivity index (χ1) is 9.66. The van der Waals surface area contributed by atoms with Crippen LogP contribution in [0.4, 0.5) is 0 Å². The highest BCUT2D eigenvalue weighted by atomic mass is 15.1. The van der Waals surface area contributed by atoms with E-state index in [1.165, 1.54) is 16.8 Å². The Bertz CT molecular complexity index is 719. The molecule has 0 unspecified atom stereocenters. The quantitative estimate of drug-likeness (QED) is 0.666. The molecule has 2 nitrogen and oxygen atoms in total. The number of hydrogen-bond donors (Lipinski definition) is 0. The minimum absolute atomic E-state index is 1.02. The van der Waals surface area contributed by atoms with Gasteiger partial charge in [-0.1, -0.05) is 48.5 Å². The summed E-state index contributed by atoms with van der Waals surface area (Å²) in [5.74, 6) is 1.02. The lowest BCUT2D eigenvalue weighted by atomic mass is 10.1. The third-order valence-corrected chi connectivity index (χ3v) is 3.63. The van der Waals surface area contributed by atoms with Crippen molar-refractivity contribution in [2.24, 2.45) is 0 Å². The summed E-state index contributed by atoms with van der Waals surface area (Å²) in [6.07, 6.45) is 2.12. The summed E-state index contributed by atoms with van der Waals surface area (Å²) in [7, 11) is 0. The Morgan fingerprint density at radius 2 is 1.45 bits per heavy atom. The maximum Gasteiger partial charge on any atom is 0.110 e. The number of benzene rings is 2. The Labute approximate surface area is 119 Å². The zero-order valence-electron chi connectivity index (χ0n) is 12.1. The lowest BCUT2D eigenvalue weighted by molar-refractivity contribution is 0.954. The maximum absolute atomic E-state index is 4.70. The molecule has 0 aliphatic heterocycles. The average molecular weight is 262 g/mol. The summed E-state index contributed by atoms with van der Waals surface area (Å²) in [5.41, 5.74) is 5.95. The van der Waals surface area contributed by atoms with E-state index in [0.29, 0.717) is 0 Å². The molecule has 1 heterocycles. The molecule has 20 heavy (non-hydrogen) atoms. The van der Waals surface area contributed by atoms with Gasteiger partial charge in [-0.2, -0.15) is 0 Å². The van der Waals surface area contributed by atoms with E-state index in [0.717, 1.165) is 17.1 Å². The highest BCUT2D eigenvalue weighted by molar-refractivity contribution is 5.60. The lowest BCUT2D eigenvalue weighted by Crippen LogP contribution is -2.00. The highest BCUT2D eigenvalue weighted by Gasteiger charge is 2.11. The summed E-state index contributed by atoms with van der Waals surface area (Å²) in [6, 6.07) is 16.7. The van der Waals surface area contributed by atoms with E-state index in [1.807, 2.05) is 18.2 Å². The van der Waals surface area contributed by atoms with Crippen LogP contribution in [0.15, 0.2) is 54.7 Å². The van der Waals surface area contributed by atoms with E-state index in [1.54, 1.807) is 0 Å². The van der Waals surface area contributed by atoms with E-state index in [9.17, 15) is 0 Å². The Hall–Kier alpha value is -2.35. The molecular formula is C18H18N2. The molecule has 2 aromatic carbocycles. The standard InChI is InChI=1S/C18H18N2/c1-13-8-7-9-14(2)18(13)20-12-17(19-15(20)3)16-10-5-4-6-11-16/h4-12H,1-3H3. The number of imidazole rings is 1. The van der Waals surface area contributed by atoms with Gasteiger partial charge in [0.2, 0.25) is 0 Å². The van der Waals surface area contributed by atoms with Gasteiger partial charge < -0.3 is 4.57 Å². The van der Waals surface area contributed by atoms with Gasteiger partial charge in [-0.3, -0.25) is 0 Å². The predicted octanol–water partition coefficient (Wildman–Crippen LogP) is 4.46. The molecular weight excluding hydrogens is 244 g/mol. The van der Waals surface area contributed by atoms with E-state index in [-0.39, 0.29) is 0 Å². The fraction of sp³-hybridized carbons (Fsp3) is 0.167. The zero-order chi connectivity index (χ0) is 14.1. The molecule has 0 N–H and O–H groups in total. The number of aryl methyl sites for hydroxylation is 3. The maximum atomic E-state index is 4.70. The Kier molecular flexibility index (Phi) is 3.15. The topological polar surface area (TPSA) is 17.8 Å². The van der Waals surface area contributed by atoms with Gasteiger partial charge in [-0.05, 0) is 31.9 Å². The van der Waals surface area contributed by atoms with Gasteiger partial charge >= 0.3 is 0 Å². The van der Waals surface area contributed by atoms with Crippen LogP contribution in [0.5, 0.6) is 0 Å². The molecule has 3 rings (SSSR count). The van der Waals surface area contributed by atoms with Crippen LogP contribution in [0.25, 0.3) is 16.9 Å².